The van der Waals surface area contributed by atoms with E-state index in [0.29, 0.717) is 11.8 Å². The molecule has 0 N–H and O–H groups in total. The Morgan fingerprint density at radius 3 is 2.33 bits per heavy atom. The van der Waals surface area contributed by atoms with E-state index in [2.05, 4.69) is 41.8 Å². The average molecular weight is 330 g/mol. The standard InChI is InChI=1S/C10H6Br2N2O/c11-7-5-13-10(14-6-7)15-9-4-2-1-3-8(9)12/h1-6H. The number of rotatable bonds is 2. The molecule has 0 saturated heterocycles. The summed E-state index contributed by atoms with van der Waals surface area (Å²) in [5.41, 5.74) is 0. The van der Waals surface area contributed by atoms with Crippen LogP contribution in [0.15, 0.2) is 45.6 Å². The van der Waals surface area contributed by atoms with Gasteiger partial charge in [-0.15, -0.1) is 0 Å². The summed E-state index contributed by atoms with van der Waals surface area (Å²) in [6.07, 6.45) is 3.28. The zero-order valence-corrected chi connectivity index (χ0v) is 10.7. The van der Waals surface area contributed by atoms with Crippen molar-refractivity contribution in [2.45, 2.75) is 0 Å². The van der Waals surface area contributed by atoms with E-state index in [1.54, 1.807) is 12.4 Å². The van der Waals surface area contributed by atoms with E-state index in [4.69, 9.17) is 4.74 Å². The van der Waals surface area contributed by atoms with Gasteiger partial charge in [-0.25, -0.2) is 9.97 Å². The van der Waals surface area contributed by atoms with Gasteiger partial charge in [0.2, 0.25) is 0 Å². The van der Waals surface area contributed by atoms with Crippen LogP contribution in [0.1, 0.15) is 0 Å². The molecule has 1 heterocycles. The van der Waals surface area contributed by atoms with E-state index in [0.717, 1.165) is 8.95 Å². The fourth-order valence-corrected chi connectivity index (χ4v) is 1.55. The molecule has 3 nitrogen and oxygen atoms in total. The van der Waals surface area contributed by atoms with E-state index in [9.17, 15) is 0 Å². The largest absolute Gasteiger partial charge is 0.423 e. The Hall–Kier alpha value is -0.940. The van der Waals surface area contributed by atoms with Crippen molar-refractivity contribution in [3.8, 4) is 11.8 Å². The number of benzene rings is 1. The first-order valence-electron chi connectivity index (χ1n) is 4.15. The maximum Gasteiger partial charge on any atom is 0.321 e. The van der Waals surface area contributed by atoms with Gasteiger partial charge in [0.1, 0.15) is 5.75 Å². The quantitative estimate of drug-likeness (QED) is 0.840. The van der Waals surface area contributed by atoms with Crippen molar-refractivity contribution in [2.24, 2.45) is 0 Å². The number of hydrogen-bond acceptors (Lipinski definition) is 3. The summed E-state index contributed by atoms with van der Waals surface area (Å²) in [7, 11) is 0. The summed E-state index contributed by atoms with van der Waals surface area (Å²) in [6.45, 7) is 0. The molecule has 76 valence electrons. The van der Waals surface area contributed by atoms with Crippen molar-refractivity contribution >= 4 is 31.9 Å². The molecule has 0 atom stereocenters. The van der Waals surface area contributed by atoms with Gasteiger partial charge >= 0.3 is 6.01 Å². The second-order valence-electron chi connectivity index (χ2n) is 2.72. The second kappa shape index (κ2) is 4.72. The van der Waals surface area contributed by atoms with Crippen LogP contribution in [0.2, 0.25) is 0 Å². The SMILES string of the molecule is Brc1cnc(Oc2ccccc2Br)nc1. The first kappa shape index (κ1) is 10.6. The molecule has 0 fully saturated rings. The van der Waals surface area contributed by atoms with E-state index >= 15 is 0 Å². The van der Waals surface area contributed by atoms with Crippen molar-refractivity contribution in [3.63, 3.8) is 0 Å². The van der Waals surface area contributed by atoms with Crippen LogP contribution in [-0.4, -0.2) is 9.97 Å². The number of hydrogen-bond donors (Lipinski definition) is 0. The molecule has 0 radical (unpaired) electrons. The Morgan fingerprint density at radius 1 is 1.00 bits per heavy atom. The van der Waals surface area contributed by atoms with Gasteiger partial charge in [-0.2, -0.15) is 0 Å². The van der Waals surface area contributed by atoms with Gasteiger partial charge in [0.25, 0.3) is 0 Å². The zero-order valence-electron chi connectivity index (χ0n) is 7.52. The van der Waals surface area contributed by atoms with Crippen molar-refractivity contribution in [1.29, 1.82) is 0 Å². The summed E-state index contributed by atoms with van der Waals surface area (Å²) in [4.78, 5) is 8.03. The van der Waals surface area contributed by atoms with Crippen LogP contribution in [0, 0.1) is 0 Å². The highest BCUT2D eigenvalue weighted by atomic mass is 79.9. The van der Waals surface area contributed by atoms with E-state index in [1.807, 2.05) is 24.3 Å². The minimum Gasteiger partial charge on any atom is -0.423 e. The van der Waals surface area contributed by atoms with Crippen LogP contribution in [0.4, 0.5) is 0 Å². The monoisotopic (exact) mass is 328 g/mol. The van der Waals surface area contributed by atoms with Gasteiger partial charge in [-0.05, 0) is 44.0 Å². The molecular formula is C10H6Br2N2O. The molecule has 5 heteroatoms. The molecule has 1 aromatic carbocycles. The van der Waals surface area contributed by atoms with Crippen LogP contribution in [-0.2, 0) is 0 Å². The third kappa shape index (κ3) is 2.76. The summed E-state index contributed by atoms with van der Waals surface area (Å²) in [5.74, 6) is 0.694. The van der Waals surface area contributed by atoms with E-state index in [-0.39, 0.29) is 0 Å². The minimum absolute atomic E-state index is 0.324. The lowest BCUT2D eigenvalue weighted by Gasteiger charge is -2.04. The molecule has 0 bridgehead atoms. The Balaban J connectivity index is 2.22. The van der Waals surface area contributed by atoms with Gasteiger partial charge in [0, 0.05) is 12.4 Å². The lowest BCUT2D eigenvalue weighted by Crippen LogP contribution is -1.91. The molecule has 0 saturated carbocycles. The smallest absolute Gasteiger partial charge is 0.321 e. The van der Waals surface area contributed by atoms with Crippen LogP contribution in [0.5, 0.6) is 11.8 Å². The fraction of sp³-hybridized carbons (Fsp3) is 0. The maximum absolute atomic E-state index is 5.47. The molecule has 2 aromatic rings. The molecule has 2 rings (SSSR count). The normalized spacial score (nSPS) is 10.0. The van der Waals surface area contributed by atoms with Crippen molar-refractivity contribution in [1.82, 2.24) is 9.97 Å². The molecule has 0 aliphatic carbocycles. The number of para-hydroxylation sites is 1. The van der Waals surface area contributed by atoms with E-state index in [1.165, 1.54) is 0 Å². The Kier molecular flexibility index (Phi) is 3.33. The third-order valence-corrected chi connectivity index (χ3v) is 2.70. The summed E-state index contributed by atoms with van der Waals surface area (Å²) < 4.78 is 7.17. The minimum atomic E-state index is 0.324. The molecule has 0 aliphatic heterocycles. The first-order valence-corrected chi connectivity index (χ1v) is 5.74. The average Bonchev–Trinajstić information content (AvgIpc) is 2.25. The molecule has 0 aliphatic rings. The Bertz CT molecular complexity index is 459. The molecule has 1 aromatic heterocycles. The number of ether oxygens (including phenoxy) is 1. The van der Waals surface area contributed by atoms with Gasteiger partial charge in [-0.1, -0.05) is 12.1 Å². The molecule has 0 amide bonds. The topological polar surface area (TPSA) is 35.0 Å². The molecule has 0 spiro atoms. The number of halogens is 2. The Morgan fingerprint density at radius 2 is 1.67 bits per heavy atom. The van der Waals surface area contributed by atoms with Crippen LogP contribution >= 0.6 is 31.9 Å². The number of nitrogens with zero attached hydrogens (tertiary/aromatic N) is 2. The molecular weight excluding hydrogens is 324 g/mol. The lowest BCUT2D eigenvalue weighted by atomic mass is 10.3. The highest BCUT2D eigenvalue weighted by molar-refractivity contribution is 9.10. The summed E-state index contributed by atoms with van der Waals surface area (Å²) >= 11 is 6.63. The highest BCUT2D eigenvalue weighted by Crippen LogP contribution is 2.27. The Labute approximate surface area is 104 Å². The predicted molar refractivity (Wildman–Crippen MR) is 63.9 cm³/mol. The first-order chi connectivity index (χ1) is 7.25. The third-order valence-electron chi connectivity index (χ3n) is 1.63. The van der Waals surface area contributed by atoms with Crippen LogP contribution < -0.4 is 4.74 Å². The van der Waals surface area contributed by atoms with Crippen LogP contribution in [0.25, 0.3) is 0 Å². The van der Waals surface area contributed by atoms with E-state index < -0.39 is 0 Å². The molecule has 0 unspecified atom stereocenters. The van der Waals surface area contributed by atoms with Crippen molar-refractivity contribution < 1.29 is 4.74 Å². The highest BCUT2D eigenvalue weighted by Gasteiger charge is 2.03. The second-order valence-corrected chi connectivity index (χ2v) is 4.49. The zero-order chi connectivity index (χ0) is 10.7. The van der Waals surface area contributed by atoms with Crippen LogP contribution in [0.3, 0.4) is 0 Å². The molecule has 15 heavy (non-hydrogen) atoms. The van der Waals surface area contributed by atoms with Crippen molar-refractivity contribution in [3.05, 3.63) is 45.6 Å². The van der Waals surface area contributed by atoms with Gasteiger partial charge in [0.05, 0.1) is 8.95 Å². The van der Waals surface area contributed by atoms with Gasteiger partial charge in [0.15, 0.2) is 0 Å². The number of aromatic nitrogens is 2. The van der Waals surface area contributed by atoms with Gasteiger partial charge < -0.3 is 4.74 Å². The summed E-state index contributed by atoms with van der Waals surface area (Å²) in [6, 6.07) is 7.87. The fourth-order valence-electron chi connectivity index (χ4n) is 0.979. The van der Waals surface area contributed by atoms with Crippen molar-refractivity contribution in [2.75, 3.05) is 0 Å². The lowest BCUT2D eigenvalue weighted by molar-refractivity contribution is 0.439. The van der Waals surface area contributed by atoms with Gasteiger partial charge in [-0.3, -0.25) is 0 Å². The summed E-state index contributed by atoms with van der Waals surface area (Å²) in [5, 5.41) is 0. The maximum atomic E-state index is 5.47. The predicted octanol–water partition coefficient (Wildman–Crippen LogP) is 3.79.